The predicted molar refractivity (Wildman–Crippen MR) is 110 cm³/mol. The zero-order valence-electron chi connectivity index (χ0n) is 16.7. The van der Waals surface area contributed by atoms with E-state index in [-0.39, 0.29) is 23.4 Å². The van der Waals surface area contributed by atoms with Crippen molar-refractivity contribution in [3.05, 3.63) is 95.7 Å². The molecule has 0 spiro atoms. The van der Waals surface area contributed by atoms with Gasteiger partial charge in [-0.1, -0.05) is 12.1 Å². The maximum absolute atomic E-state index is 13.3. The number of sulfone groups is 1. The van der Waals surface area contributed by atoms with Gasteiger partial charge in [-0.2, -0.15) is 13.2 Å². The third kappa shape index (κ3) is 4.58. The highest BCUT2D eigenvalue weighted by molar-refractivity contribution is 7.91. The molecule has 2 heterocycles. The number of benzene rings is 2. The van der Waals surface area contributed by atoms with E-state index < -0.39 is 32.3 Å². The van der Waals surface area contributed by atoms with Crippen LogP contribution in [0.3, 0.4) is 0 Å². The summed E-state index contributed by atoms with van der Waals surface area (Å²) in [6.45, 7) is 0.0610. The second kappa shape index (κ2) is 8.32. The lowest BCUT2D eigenvalue weighted by Gasteiger charge is -2.14. The first-order chi connectivity index (χ1) is 15.6. The fourth-order valence-corrected chi connectivity index (χ4v) is 4.67. The highest BCUT2D eigenvalue weighted by Crippen LogP contribution is 2.36. The van der Waals surface area contributed by atoms with Crippen molar-refractivity contribution >= 4 is 21.4 Å². The van der Waals surface area contributed by atoms with Gasteiger partial charge in [0, 0.05) is 25.1 Å². The SMILES string of the molecule is O=C(NCc1ccc(S(=O)(=O)c2ccc(F)cc2C(F)(F)F)cc1)c1ccc2nccn2c1. The standard InChI is InChI=1S/C22H15F4N3O3S/c23-16-4-7-19(18(11-16)22(24,25)26)33(31,32)17-5-1-14(2-6-17)12-28-21(30)15-3-8-20-27-9-10-29(20)13-15/h1-11,13H,12H2,(H,28,30). The quantitative estimate of drug-likeness (QED) is 0.344. The van der Waals surface area contributed by atoms with Crippen LogP contribution in [0.4, 0.5) is 17.6 Å². The van der Waals surface area contributed by atoms with Crippen LogP contribution in [0.2, 0.25) is 0 Å². The van der Waals surface area contributed by atoms with Crippen molar-refractivity contribution in [3.63, 3.8) is 0 Å². The molecule has 4 aromatic rings. The van der Waals surface area contributed by atoms with E-state index >= 15 is 0 Å². The van der Waals surface area contributed by atoms with Crippen molar-refractivity contribution in [1.29, 1.82) is 0 Å². The van der Waals surface area contributed by atoms with Gasteiger partial charge in [-0.25, -0.2) is 17.8 Å². The minimum Gasteiger partial charge on any atom is -0.348 e. The summed E-state index contributed by atoms with van der Waals surface area (Å²) in [4.78, 5) is 15.0. The number of carbonyl (C=O) groups excluding carboxylic acids is 1. The maximum Gasteiger partial charge on any atom is 0.417 e. The Kier molecular flexibility index (Phi) is 5.66. The number of aromatic nitrogens is 2. The van der Waals surface area contributed by atoms with Gasteiger partial charge in [0.25, 0.3) is 5.91 Å². The van der Waals surface area contributed by atoms with Crippen LogP contribution in [0.15, 0.2) is 83.0 Å². The van der Waals surface area contributed by atoms with Crippen LogP contribution in [0.1, 0.15) is 21.5 Å². The van der Waals surface area contributed by atoms with E-state index in [0.717, 1.165) is 12.1 Å². The number of alkyl halides is 3. The number of fused-ring (bicyclic) bond motifs is 1. The van der Waals surface area contributed by atoms with Gasteiger partial charge in [-0.15, -0.1) is 0 Å². The Bertz CT molecular complexity index is 1450. The summed E-state index contributed by atoms with van der Waals surface area (Å²) in [6.07, 6.45) is -0.157. The first-order valence-corrected chi connectivity index (χ1v) is 11.0. The van der Waals surface area contributed by atoms with Crippen LogP contribution in [-0.2, 0) is 22.6 Å². The van der Waals surface area contributed by atoms with Gasteiger partial charge in [0.05, 0.1) is 20.9 Å². The Morgan fingerprint density at radius 1 is 1.03 bits per heavy atom. The second-order valence-electron chi connectivity index (χ2n) is 7.08. The van der Waals surface area contributed by atoms with Crippen LogP contribution >= 0.6 is 0 Å². The highest BCUT2D eigenvalue weighted by Gasteiger charge is 2.38. The van der Waals surface area contributed by atoms with E-state index in [1.165, 1.54) is 12.1 Å². The van der Waals surface area contributed by atoms with Crippen molar-refractivity contribution in [3.8, 4) is 0 Å². The van der Waals surface area contributed by atoms with Crippen molar-refractivity contribution in [2.45, 2.75) is 22.5 Å². The lowest BCUT2D eigenvalue weighted by atomic mass is 10.2. The molecule has 0 radical (unpaired) electrons. The number of rotatable bonds is 5. The molecule has 0 bridgehead atoms. The summed E-state index contributed by atoms with van der Waals surface area (Å²) < 4.78 is 80.3. The molecule has 0 unspecified atom stereocenters. The lowest BCUT2D eigenvalue weighted by Crippen LogP contribution is -2.23. The smallest absolute Gasteiger partial charge is 0.348 e. The molecule has 4 rings (SSSR count). The van der Waals surface area contributed by atoms with Crippen LogP contribution in [0.5, 0.6) is 0 Å². The largest absolute Gasteiger partial charge is 0.417 e. The Morgan fingerprint density at radius 2 is 1.76 bits per heavy atom. The lowest BCUT2D eigenvalue weighted by molar-refractivity contribution is -0.140. The summed E-state index contributed by atoms with van der Waals surface area (Å²) in [5, 5.41) is 2.68. The molecule has 6 nitrogen and oxygen atoms in total. The third-order valence-electron chi connectivity index (χ3n) is 4.87. The van der Waals surface area contributed by atoms with E-state index in [1.54, 1.807) is 35.1 Å². The van der Waals surface area contributed by atoms with Crippen LogP contribution in [-0.4, -0.2) is 23.7 Å². The molecular formula is C22H15F4N3O3S. The van der Waals surface area contributed by atoms with Gasteiger partial charge in [-0.05, 0) is 48.0 Å². The first kappa shape index (κ1) is 22.5. The Morgan fingerprint density at radius 3 is 2.45 bits per heavy atom. The predicted octanol–water partition coefficient (Wildman–Crippen LogP) is 4.26. The monoisotopic (exact) mass is 477 g/mol. The number of nitrogens with one attached hydrogen (secondary N) is 1. The van der Waals surface area contributed by atoms with Gasteiger partial charge >= 0.3 is 6.18 Å². The molecule has 33 heavy (non-hydrogen) atoms. The zero-order chi connectivity index (χ0) is 23.8. The maximum atomic E-state index is 13.3. The van der Waals surface area contributed by atoms with Crippen molar-refractivity contribution in [2.24, 2.45) is 0 Å². The molecule has 2 aromatic carbocycles. The number of hydrogen-bond donors (Lipinski definition) is 1. The molecule has 2 aromatic heterocycles. The molecule has 0 aliphatic carbocycles. The average Bonchev–Trinajstić information content (AvgIpc) is 3.25. The van der Waals surface area contributed by atoms with Crippen molar-refractivity contribution in [1.82, 2.24) is 14.7 Å². The number of pyridine rings is 1. The molecule has 0 aliphatic heterocycles. The van der Waals surface area contributed by atoms with Gasteiger partial charge in [0.1, 0.15) is 11.5 Å². The van der Waals surface area contributed by atoms with Gasteiger partial charge in [-0.3, -0.25) is 4.79 Å². The average molecular weight is 477 g/mol. The number of nitrogens with zero attached hydrogens (tertiary/aromatic N) is 2. The summed E-state index contributed by atoms with van der Waals surface area (Å²) in [6, 6.07) is 9.72. The van der Waals surface area contributed by atoms with E-state index in [0.29, 0.717) is 28.9 Å². The van der Waals surface area contributed by atoms with Crippen LogP contribution < -0.4 is 5.32 Å². The zero-order valence-corrected chi connectivity index (χ0v) is 17.5. The number of hydrogen-bond acceptors (Lipinski definition) is 4. The minimum absolute atomic E-state index is 0.0610. The molecule has 1 N–H and O–H groups in total. The number of carbonyl (C=O) groups is 1. The van der Waals surface area contributed by atoms with Crippen LogP contribution in [0, 0.1) is 5.82 Å². The van der Waals surface area contributed by atoms with Gasteiger partial charge in [0.15, 0.2) is 0 Å². The molecule has 170 valence electrons. The molecule has 0 aliphatic rings. The van der Waals surface area contributed by atoms with E-state index in [9.17, 15) is 30.8 Å². The normalized spacial score (nSPS) is 12.1. The minimum atomic E-state index is -5.05. The molecule has 1 amide bonds. The van der Waals surface area contributed by atoms with Crippen molar-refractivity contribution in [2.75, 3.05) is 0 Å². The number of amides is 1. The van der Waals surface area contributed by atoms with E-state index in [4.69, 9.17) is 0 Å². The number of imidazole rings is 1. The molecule has 0 fully saturated rings. The second-order valence-corrected chi connectivity index (χ2v) is 9.00. The molecule has 0 saturated heterocycles. The topological polar surface area (TPSA) is 80.5 Å². The molecule has 0 saturated carbocycles. The van der Waals surface area contributed by atoms with Crippen LogP contribution in [0.25, 0.3) is 5.65 Å². The summed E-state index contributed by atoms with van der Waals surface area (Å²) >= 11 is 0. The van der Waals surface area contributed by atoms with E-state index in [1.807, 2.05) is 0 Å². The first-order valence-electron chi connectivity index (χ1n) is 9.47. The third-order valence-corrected chi connectivity index (χ3v) is 6.70. The fourth-order valence-electron chi connectivity index (χ4n) is 3.21. The summed E-state index contributed by atoms with van der Waals surface area (Å²) in [5.74, 6) is -1.57. The fraction of sp³-hybridized carbons (Fsp3) is 0.0909. The Labute approximate surface area is 185 Å². The molecule has 0 atom stereocenters. The highest BCUT2D eigenvalue weighted by atomic mass is 32.2. The van der Waals surface area contributed by atoms with Crippen molar-refractivity contribution < 1.29 is 30.8 Å². The Hall–Kier alpha value is -3.73. The molecular weight excluding hydrogens is 462 g/mol. The van der Waals surface area contributed by atoms with Gasteiger partial charge < -0.3 is 9.72 Å². The van der Waals surface area contributed by atoms with E-state index in [2.05, 4.69) is 10.3 Å². The summed E-state index contributed by atoms with van der Waals surface area (Å²) in [7, 11) is -4.56. The Balaban J connectivity index is 1.52. The van der Waals surface area contributed by atoms with Gasteiger partial charge in [0.2, 0.25) is 9.84 Å². The number of halogens is 4. The summed E-state index contributed by atoms with van der Waals surface area (Å²) in [5.41, 5.74) is 0.0173. The molecule has 11 heteroatoms.